The summed E-state index contributed by atoms with van der Waals surface area (Å²) in [5, 5.41) is 8.63. The minimum atomic E-state index is -0.300. The SMILES string of the molecule is CC(=O)NC(CC(=O)N(C)Cc1cc(C)on1)c1cccs1. The van der Waals surface area contributed by atoms with Crippen molar-refractivity contribution < 1.29 is 14.1 Å². The molecule has 2 aromatic heterocycles. The molecular weight excluding hydrogens is 302 g/mol. The number of hydrogen-bond acceptors (Lipinski definition) is 5. The summed E-state index contributed by atoms with van der Waals surface area (Å²) in [6.07, 6.45) is 0.216. The second-order valence-electron chi connectivity index (χ2n) is 5.15. The van der Waals surface area contributed by atoms with Crippen molar-refractivity contribution in [3.8, 4) is 0 Å². The number of carbonyl (C=O) groups is 2. The first kappa shape index (κ1) is 16.2. The molecule has 2 rings (SSSR count). The van der Waals surface area contributed by atoms with Crippen LogP contribution in [-0.4, -0.2) is 28.9 Å². The maximum Gasteiger partial charge on any atom is 0.225 e. The smallest absolute Gasteiger partial charge is 0.225 e. The summed E-state index contributed by atoms with van der Waals surface area (Å²) in [4.78, 5) is 26.3. The normalized spacial score (nSPS) is 12.0. The summed E-state index contributed by atoms with van der Waals surface area (Å²) in [5.41, 5.74) is 0.709. The Balaban J connectivity index is 1.99. The van der Waals surface area contributed by atoms with Gasteiger partial charge in [0.2, 0.25) is 11.8 Å². The van der Waals surface area contributed by atoms with Gasteiger partial charge in [-0.1, -0.05) is 11.2 Å². The van der Waals surface area contributed by atoms with E-state index in [2.05, 4.69) is 10.5 Å². The van der Waals surface area contributed by atoms with Crippen LogP contribution in [0.15, 0.2) is 28.1 Å². The van der Waals surface area contributed by atoms with E-state index in [0.717, 1.165) is 4.88 Å². The van der Waals surface area contributed by atoms with E-state index in [0.29, 0.717) is 18.0 Å². The number of amides is 2. The Morgan fingerprint density at radius 3 is 2.82 bits per heavy atom. The van der Waals surface area contributed by atoms with Crippen molar-refractivity contribution in [3.05, 3.63) is 39.9 Å². The molecule has 0 radical (unpaired) electrons. The molecule has 2 amide bonds. The van der Waals surface area contributed by atoms with E-state index in [4.69, 9.17) is 4.52 Å². The molecule has 2 heterocycles. The highest BCUT2D eigenvalue weighted by molar-refractivity contribution is 7.10. The lowest BCUT2D eigenvalue weighted by molar-refractivity contribution is -0.131. The van der Waals surface area contributed by atoms with E-state index in [1.165, 1.54) is 18.3 Å². The zero-order chi connectivity index (χ0) is 16.1. The summed E-state index contributed by atoms with van der Waals surface area (Å²) in [5.74, 6) is 0.499. The molecule has 0 bridgehead atoms. The van der Waals surface area contributed by atoms with Gasteiger partial charge in [-0.05, 0) is 18.4 Å². The van der Waals surface area contributed by atoms with E-state index in [1.54, 1.807) is 18.0 Å². The first-order chi connectivity index (χ1) is 10.5. The number of nitrogens with one attached hydrogen (secondary N) is 1. The fourth-order valence-corrected chi connectivity index (χ4v) is 2.89. The maximum absolute atomic E-state index is 12.4. The van der Waals surface area contributed by atoms with Gasteiger partial charge in [-0.3, -0.25) is 9.59 Å². The number of hydrogen-bond donors (Lipinski definition) is 1. The topological polar surface area (TPSA) is 75.4 Å². The zero-order valence-corrected chi connectivity index (χ0v) is 13.6. The third-order valence-corrected chi connectivity index (χ3v) is 4.13. The van der Waals surface area contributed by atoms with Crippen LogP contribution in [0.4, 0.5) is 0 Å². The molecule has 0 aromatic carbocycles. The molecule has 7 heteroatoms. The quantitative estimate of drug-likeness (QED) is 0.885. The van der Waals surface area contributed by atoms with Crippen molar-refractivity contribution in [1.29, 1.82) is 0 Å². The Morgan fingerprint density at radius 1 is 1.50 bits per heavy atom. The molecule has 0 aliphatic rings. The Hall–Kier alpha value is -2.15. The van der Waals surface area contributed by atoms with Crippen molar-refractivity contribution in [2.24, 2.45) is 0 Å². The van der Waals surface area contributed by atoms with Crippen molar-refractivity contribution >= 4 is 23.2 Å². The highest BCUT2D eigenvalue weighted by atomic mass is 32.1. The van der Waals surface area contributed by atoms with E-state index in [9.17, 15) is 9.59 Å². The van der Waals surface area contributed by atoms with E-state index in [-0.39, 0.29) is 24.3 Å². The lowest BCUT2D eigenvalue weighted by Crippen LogP contribution is -2.33. The van der Waals surface area contributed by atoms with Gasteiger partial charge in [-0.25, -0.2) is 0 Å². The van der Waals surface area contributed by atoms with Gasteiger partial charge >= 0.3 is 0 Å². The van der Waals surface area contributed by atoms with Gasteiger partial charge in [0.1, 0.15) is 11.5 Å². The average molecular weight is 321 g/mol. The van der Waals surface area contributed by atoms with Crippen LogP contribution in [0.1, 0.15) is 35.7 Å². The van der Waals surface area contributed by atoms with Crippen LogP contribution in [0.2, 0.25) is 0 Å². The van der Waals surface area contributed by atoms with Gasteiger partial charge in [0.05, 0.1) is 19.0 Å². The molecule has 0 aliphatic carbocycles. The minimum absolute atomic E-state index is 0.0622. The maximum atomic E-state index is 12.4. The molecule has 118 valence electrons. The van der Waals surface area contributed by atoms with E-state index >= 15 is 0 Å². The van der Waals surface area contributed by atoms with Crippen LogP contribution >= 0.6 is 11.3 Å². The van der Waals surface area contributed by atoms with Crippen LogP contribution in [0.5, 0.6) is 0 Å². The molecule has 22 heavy (non-hydrogen) atoms. The molecule has 2 aromatic rings. The Labute approximate surface area is 133 Å². The van der Waals surface area contributed by atoms with Gasteiger partial charge < -0.3 is 14.7 Å². The molecule has 0 aliphatic heterocycles. The number of rotatable bonds is 6. The van der Waals surface area contributed by atoms with Crippen molar-refractivity contribution in [3.63, 3.8) is 0 Å². The minimum Gasteiger partial charge on any atom is -0.361 e. The molecular formula is C15H19N3O3S. The second-order valence-corrected chi connectivity index (χ2v) is 6.13. The Bertz CT molecular complexity index is 636. The monoisotopic (exact) mass is 321 g/mol. The van der Waals surface area contributed by atoms with E-state index < -0.39 is 0 Å². The standard InChI is InChI=1S/C15H19N3O3S/c1-10-7-12(17-21-10)9-18(3)15(20)8-13(16-11(2)19)14-5-4-6-22-14/h4-7,13H,8-9H2,1-3H3,(H,16,19). The predicted molar refractivity (Wildman–Crippen MR) is 83.2 cm³/mol. The predicted octanol–water partition coefficient (Wildman–Crippen LogP) is 2.27. The summed E-state index contributed by atoms with van der Waals surface area (Å²) >= 11 is 1.52. The number of aromatic nitrogens is 1. The third-order valence-electron chi connectivity index (χ3n) is 3.14. The fraction of sp³-hybridized carbons (Fsp3) is 0.400. The molecule has 0 fully saturated rings. The number of nitrogens with zero attached hydrogens (tertiary/aromatic N) is 2. The summed E-state index contributed by atoms with van der Waals surface area (Å²) in [7, 11) is 1.71. The summed E-state index contributed by atoms with van der Waals surface area (Å²) in [6.45, 7) is 3.64. The third kappa shape index (κ3) is 4.42. The molecule has 0 saturated heterocycles. The van der Waals surface area contributed by atoms with Crippen LogP contribution in [0.3, 0.4) is 0 Å². The fourth-order valence-electron chi connectivity index (χ4n) is 2.11. The number of aryl methyl sites for hydroxylation is 1. The van der Waals surface area contributed by atoms with Gasteiger partial charge in [-0.15, -0.1) is 11.3 Å². The number of carbonyl (C=O) groups excluding carboxylic acids is 2. The Morgan fingerprint density at radius 2 is 2.27 bits per heavy atom. The summed E-state index contributed by atoms with van der Waals surface area (Å²) in [6, 6.07) is 5.32. The van der Waals surface area contributed by atoms with Crippen LogP contribution in [-0.2, 0) is 16.1 Å². The second kappa shape index (κ2) is 7.22. The van der Waals surface area contributed by atoms with Crippen molar-refractivity contribution in [1.82, 2.24) is 15.4 Å². The van der Waals surface area contributed by atoms with Crippen molar-refractivity contribution in [2.75, 3.05) is 7.05 Å². The molecule has 0 saturated carbocycles. The Kier molecular flexibility index (Phi) is 5.32. The van der Waals surface area contributed by atoms with Gasteiger partial charge in [0.25, 0.3) is 0 Å². The lowest BCUT2D eigenvalue weighted by Gasteiger charge is -2.21. The molecule has 6 nitrogen and oxygen atoms in total. The van der Waals surface area contributed by atoms with Crippen molar-refractivity contribution in [2.45, 2.75) is 32.9 Å². The summed E-state index contributed by atoms with van der Waals surface area (Å²) < 4.78 is 4.99. The van der Waals surface area contributed by atoms with Crippen LogP contribution in [0, 0.1) is 6.92 Å². The van der Waals surface area contributed by atoms with Gasteiger partial charge in [-0.2, -0.15) is 0 Å². The number of thiophene rings is 1. The molecule has 1 N–H and O–H groups in total. The first-order valence-electron chi connectivity index (χ1n) is 6.92. The molecule has 1 atom stereocenters. The highest BCUT2D eigenvalue weighted by Crippen LogP contribution is 2.23. The molecule has 0 spiro atoms. The molecule has 1 unspecified atom stereocenters. The van der Waals surface area contributed by atoms with Crippen LogP contribution in [0.25, 0.3) is 0 Å². The van der Waals surface area contributed by atoms with Gasteiger partial charge in [0.15, 0.2) is 0 Å². The average Bonchev–Trinajstić information content (AvgIpc) is 3.09. The largest absolute Gasteiger partial charge is 0.361 e. The lowest BCUT2D eigenvalue weighted by atomic mass is 10.1. The van der Waals surface area contributed by atoms with E-state index in [1.807, 2.05) is 24.4 Å². The zero-order valence-electron chi connectivity index (χ0n) is 12.8. The van der Waals surface area contributed by atoms with Gasteiger partial charge in [0, 0.05) is 24.9 Å². The first-order valence-corrected chi connectivity index (χ1v) is 7.80. The van der Waals surface area contributed by atoms with Crippen LogP contribution < -0.4 is 5.32 Å². The highest BCUT2D eigenvalue weighted by Gasteiger charge is 2.21.